The lowest BCUT2D eigenvalue weighted by atomic mass is 9.95. The quantitative estimate of drug-likeness (QED) is 0.482. The summed E-state index contributed by atoms with van der Waals surface area (Å²) in [5, 5.41) is 2.58. The lowest BCUT2D eigenvalue weighted by Gasteiger charge is -2.44. The molecule has 1 rings (SSSR count). The van der Waals surface area contributed by atoms with E-state index in [0.717, 1.165) is 0 Å². The van der Waals surface area contributed by atoms with E-state index in [2.05, 4.69) is 5.32 Å². The van der Waals surface area contributed by atoms with Gasteiger partial charge in [0.2, 0.25) is 5.91 Å². The van der Waals surface area contributed by atoms with Gasteiger partial charge in [-0.15, -0.1) is 0 Å². The highest BCUT2D eigenvalue weighted by Gasteiger charge is 2.50. The molecule has 0 aromatic rings. The highest BCUT2D eigenvalue weighted by molar-refractivity contribution is 5.74. The minimum Gasteiger partial charge on any atom is -0.463 e. The maximum Gasteiger partial charge on any atom is 0.303 e. The van der Waals surface area contributed by atoms with Gasteiger partial charge in [-0.25, -0.2) is 0 Å². The predicted molar refractivity (Wildman–Crippen MR) is 81.0 cm³/mol. The first kappa shape index (κ1) is 20.8. The summed E-state index contributed by atoms with van der Waals surface area (Å²) in [5.74, 6) is -2.28. The van der Waals surface area contributed by atoms with Crippen LogP contribution in [0.5, 0.6) is 0 Å². The third kappa shape index (κ3) is 6.31. The molecule has 5 atom stereocenters. The topological polar surface area (TPSA) is 126 Å². The van der Waals surface area contributed by atoms with Crippen LogP contribution in [0.3, 0.4) is 0 Å². The molecule has 142 valence electrons. The summed E-state index contributed by atoms with van der Waals surface area (Å²) in [4.78, 5) is 45.5. The fourth-order valence-electron chi connectivity index (χ4n) is 2.50. The monoisotopic (exact) mass is 361 g/mol. The molecule has 1 heterocycles. The van der Waals surface area contributed by atoms with E-state index in [0.29, 0.717) is 0 Å². The Kier molecular flexibility index (Phi) is 7.78. The molecule has 0 bridgehead atoms. The Hall–Kier alpha value is -2.20. The van der Waals surface area contributed by atoms with Crippen molar-refractivity contribution in [2.75, 3.05) is 13.7 Å². The van der Waals surface area contributed by atoms with Crippen molar-refractivity contribution in [3.8, 4) is 0 Å². The van der Waals surface area contributed by atoms with Crippen molar-refractivity contribution in [3.05, 3.63) is 0 Å². The summed E-state index contributed by atoms with van der Waals surface area (Å²) in [6.07, 6.45) is -4.12. The van der Waals surface area contributed by atoms with Crippen molar-refractivity contribution in [1.82, 2.24) is 5.32 Å². The summed E-state index contributed by atoms with van der Waals surface area (Å²) in [7, 11) is 1.32. The number of carbonyl (C=O) groups excluding carboxylic acids is 4. The van der Waals surface area contributed by atoms with Crippen molar-refractivity contribution >= 4 is 23.8 Å². The van der Waals surface area contributed by atoms with Crippen molar-refractivity contribution in [3.63, 3.8) is 0 Å². The van der Waals surface area contributed by atoms with E-state index < -0.39 is 54.5 Å². The first-order chi connectivity index (χ1) is 11.6. The molecule has 1 saturated heterocycles. The van der Waals surface area contributed by atoms with Crippen LogP contribution in [0.1, 0.15) is 27.7 Å². The average molecular weight is 361 g/mol. The van der Waals surface area contributed by atoms with E-state index >= 15 is 0 Å². The van der Waals surface area contributed by atoms with Gasteiger partial charge in [0.25, 0.3) is 0 Å². The molecule has 0 aliphatic carbocycles. The van der Waals surface area contributed by atoms with Crippen molar-refractivity contribution in [1.29, 1.82) is 0 Å². The number of rotatable bonds is 6. The molecule has 0 saturated carbocycles. The number of carbonyl (C=O) groups is 4. The Labute approximate surface area is 145 Å². The maximum atomic E-state index is 11.6. The molecule has 1 N–H and O–H groups in total. The van der Waals surface area contributed by atoms with Crippen LogP contribution >= 0.6 is 0 Å². The Bertz CT molecular complexity index is 521. The molecule has 0 radical (unpaired) electrons. The fraction of sp³-hybridized carbons (Fsp3) is 0.733. The zero-order valence-corrected chi connectivity index (χ0v) is 14.8. The molecule has 10 heteroatoms. The van der Waals surface area contributed by atoms with E-state index in [9.17, 15) is 19.2 Å². The molecular weight excluding hydrogens is 338 g/mol. The van der Waals surface area contributed by atoms with Gasteiger partial charge in [-0.3, -0.25) is 19.2 Å². The van der Waals surface area contributed by atoms with Gasteiger partial charge in [-0.1, -0.05) is 0 Å². The van der Waals surface area contributed by atoms with Crippen LogP contribution in [0.25, 0.3) is 0 Å². The fourth-order valence-corrected chi connectivity index (χ4v) is 2.50. The summed E-state index contributed by atoms with van der Waals surface area (Å²) in [5.41, 5.74) is 0. The highest BCUT2D eigenvalue weighted by Crippen LogP contribution is 2.27. The van der Waals surface area contributed by atoms with Gasteiger partial charge in [0.1, 0.15) is 18.8 Å². The third-order valence-electron chi connectivity index (χ3n) is 3.31. The number of nitrogens with one attached hydrogen (secondary N) is 1. The second kappa shape index (κ2) is 9.33. The summed E-state index contributed by atoms with van der Waals surface area (Å²) < 4.78 is 26.1. The number of hydrogen-bond donors (Lipinski definition) is 1. The third-order valence-corrected chi connectivity index (χ3v) is 3.31. The van der Waals surface area contributed by atoms with Gasteiger partial charge in [0, 0.05) is 34.8 Å². The van der Waals surface area contributed by atoms with Crippen molar-refractivity contribution in [2.45, 2.75) is 58.3 Å². The Morgan fingerprint density at radius 3 is 1.92 bits per heavy atom. The molecule has 0 aromatic carbocycles. The SMILES string of the molecule is CO[C@@H]1OC(COC(C)=O)[C@@H](OC(C)=O)C(NC(C)=O)C1OC(C)=O. The Balaban J connectivity index is 3.18. The van der Waals surface area contributed by atoms with Gasteiger partial charge < -0.3 is 29.0 Å². The molecule has 1 amide bonds. The summed E-state index contributed by atoms with van der Waals surface area (Å²) >= 11 is 0. The minimum absolute atomic E-state index is 0.240. The Morgan fingerprint density at radius 1 is 0.920 bits per heavy atom. The summed E-state index contributed by atoms with van der Waals surface area (Å²) in [6, 6.07) is -0.954. The molecule has 1 aliphatic rings. The van der Waals surface area contributed by atoms with Crippen LogP contribution in [-0.4, -0.2) is 68.2 Å². The second-order valence-electron chi connectivity index (χ2n) is 5.46. The second-order valence-corrected chi connectivity index (χ2v) is 5.46. The van der Waals surface area contributed by atoms with Crippen LogP contribution in [0.4, 0.5) is 0 Å². The molecule has 0 aromatic heterocycles. The van der Waals surface area contributed by atoms with Gasteiger partial charge >= 0.3 is 17.9 Å². The Morgan fingerprint density at radius 2 is 1.48 bits per heavy atom. The van der Waals surface area contributed by atoms with Gasteiger partial charge in [-0.2, -0.15) is 0 Å². The van der Waals surface area contributed by atoms with Crippen LogP contribution in [0, 0.1) is 0 Å². The normalized spacial score (nSPS) is 28.6. The minimum atomic E-state index is -1.07. The predicted octanol–water partition coefficient (Wildman–Crippen LogP) is -0.711. The van der Waals surface area contributed by atoms with Crippen LogP contribution in [0.15, 0.2) is 0 Å². The number of methoxy groups -OCH3 is 1. The largest absolute Gasteiger partial charge is 0.463 e. The van der Waals surface area contributed by atoms with E-state index in [-0.39, 0.29) is 6.61 Å². The van der Waals surface area contributed by atoms with Gasteiger partial charge in [0.05, 0.1) is 0 Å². The van der Waals surface area contributed by atoms with Crippen LogP contribution in [-0.2, 0) is 42.9 Å². The number of amides is 1. The first-order valence-electron chi connectivity index (χ1n) is 7.58. The number of ether oxygens (including phenoxy) is 5. The van der Waals surface area contributed by atoms with E-state index in [4.69, 9.17) is 23.7 Å². The number of hydrogen-bond acceptors (Lipinski definition) is 9. The molecule has 1 aliphatic heterocycles. The van der Waals surface area contributed by atoms with E-state index in [1.165, 1.54) is 34.8 Å². The van der Waals surface area contributed by atoms with E-state index in [1.54, 1.807) is 0 Å². The summed E-state index contributed by atoms with van der Waals surface area (Å²) in [6.45, 7) is 4.59. The smallest absolute Gasteiger partial charge is 0.303 e. The lowest BCUT2D eigenvalue weighted by Crippen LogP contribution is -2.66. The number of esters is 3. The van der Waals surface area contributed by atoms with Crippen LogP contribution < -0.4 is 5.32 Å². The standard InChI is InChI=1S/C15H23NO9/c1-7(17)16-12-13(23-9(3)19)11(6-22-8(2)18)25-15(21-5)14(12)24-10(4)20/h11-15H,6H2,1-5H3,(H,16,17)/t11?,12?,13-,14?,15-/m1/s1. The molecule has 25 heavy (non-hydrogen) atoms. The zero-order valence-electron chi connectivity index (χ0n) is 14.8. The van der Waals surface area contributed by atoms with Crippen molar-refractivity contribution in [2.24, 2.45) is 0 Å². The first-order valence-corrected chi connectivity index (χ1v) is 7.58. The average Bonchev–Trinajstić information content (AvgIpc) is 2.48. The highest BCUT2D eigenvalue weighted by atomic mass is 16.7. The molecule has 0 spiro atoms. The maximum absolute atomic E-state index is 11.6. The van der Waals surface area contributed by atoms with E-state index in [1.807, 2.05) is 0 Å². The molecule has 3 unspecified atom stereocenters. The molecule has 1 fully saturated rings. The molecular formula is C15H23NO9. The lowest BCUT2D eigenvalue weighted by molar-refractivity contribution is -0.279. The zero-order chi connectivity index (χ0) is 19.1. The van der Waals surface area contributed by atoms with Crippen molar-refractivity contribution < 1.29 is 42.9 Å². The van der Waals surface area contributed by atoms with Crippen LogP contribution in [0.2, 0.25) is 0 Å². The van der Waals surface area contributed by atoms with Gasteiger partial charge in [-0.05, 0) is 0 Å². The van der Waals surface area contributed by atoms with Gasteiger partial charge in [0.15, 0.2) is 18.5 Å². The molecule has 10 nitrogen and oxygen atoms in total.